The fraction of sp³-hybridized carbons (Fsp3) is 0.500. The van der Waals surface area contributed by atoms with E-state index < -0.39 is 0 Å². The predicted molar refractivity (Wildman–Crippen MR) is 84.5 cm³/mol. The van der Waals surface area contributed by atoms with Gasteiger partial charge in [-0.3, -0.25) is 0 Å². The minimum absolute atomic E-state index is 0.339. The molecule has 0 amide bonds. The van der Waals surface area contributed by atoms with Crippen molar-refractivity contribution in [1.82, 2.24) is 15.5 Å². The number of fused-ring (bicyclic) bond motifs is 1. The Bertz CT molecular complexity index is 599. The Labute approximate surface area is 129 Å². The Hall–Kier alpha value is -1.33. The van der Waals surface area contributed by atoms with Crippen LogP contribution < -0.4 is 5.32 Å². The number of hydrogen-bond donors (Lipinski definition) is 1. The molecule has 112 valence electrons. The van der Waals surface area contributed by atoms with Gasteiger partial charge in [-0.1, -0.05) is 43.0 Å². The molecule has 5 heteroatoms. The molecule has 1 aromatic heterocycles. The first-order chi connectivity index (χ1) is 10.3. The molecule has 1 N–H and O–H groups in total. The van der Waals surface area contributed by atoms with E-state index in [1.54, 1.807) is 11.8 Å². The first-order valence-electron chi connectivity index (χ1n) is 7.56. The Morgan fingerprint density at radius 1 is 1.33 bits per heavy atom. The molecule has 0 bridgehead atoms. The summed E-state index contributed by atoms with van der Waals surface area (Å²) in [7, 11) is 0. The molecular weight excluding hydrogens is 282 g/mol. The van der Waals surface area contributed by atoms with Gasteiger partial charge in [-0.05, 0) is 36.9 Å². The summed E-state index contributed by atoms with van der Waals surface area (Å²) in [5.74, 6) is 0.631. The summed E-state index contributed by atoms with van der Waals surface area (Å²) < 4.78 is 5.55. The van der Waals surface area contributed by atoms with Gasteiger partial charge >= 0.3 is 0 Å². The summed E-state index contributed by atoms with van der Waals surface area (Å²) in [5, 5.41) is 12.8. The average molecular weight is 303 g/mol. The fourth-order valence-electron chi connectivity index (χ4n) is 2.97. The van der Waals surface area contributed by atoms with Crippen LogP contribution in [0.15, 0.2) is 33.9 Å². The molecule has 0 saturated carbocycles. The molecule has 0 saturated heterocycles. The molecule has 1 aromatic carbocycles. The number of rotatable bonds is 4. The van der Waals surface area contributed by atoms with Crippen molar-refractivity contribution in [1.29, 1.82) is 0 Å². The van der Waals surface area contributed by atoms with Gasteiger partial charge in [0.25, 0.3) is 5.22 Å². The molecule has 2 atom stereocenters. The molecule has 2 aromatic rings. The van der Waals surface area contributed by atoms with Gasteiger partial charge in [-0.2, -0.15) is 0 Å². The highest BCUT2D eigenvalue weighted by molar-refractivity contribution is 7.99. The third-order valence-electron chi connectivity index (χ3n) is 3.88. The van der Waals surface area contributed by atoms with Gasteiger partial charge in [0.2, 0.25) is 5.89 Å². The van der Waals surface area contributed by atoms with Crippen molar-refractivity contribution < 1.29 is 4.42 Å². The lowest BCUT2D eigenvalue weighted by atomic mass is 9.99. The molecule has 2 unspecified atom stereocenters. The summed E-state index contributed by atoms with van der Waals surface area (Å²) in [6, 6.07) is 9.11. The van der Waals surface area contributed by atoms with Crippen molar-refractivity contribution in [3.05, 3.63) is 41.3 Å². The maximum atomic E-state index is 5.55. The van der Waals surface area contributed by atoms with Gasteiger partial charge in [-0.25, -0.2) is 0 Å². The van der Waals surface area contributed by atoms with E-state index in [2.05, 4.69) is 46.7 Å². The zero-order chi connectivity index (χ0) is 14.7. The number of aromatic nitrogens is 2. The van der Waals surface area contributed by atoms with E-state index in [1.165, 1.54) is 17.5 Å². The lowest BCUT2D eigenvalue weighted by Gasteiger charge is -2.25. The molecule has 3 rings (SSSR count). The van der Waals surface area contributed by atoms with Crippen LogP contribution in [-0.2, 0) is 6.42 Å². The van der Waals surface area contributed by atoms with Gasteiger partial charge in [0.15, 0.2) is 0 Å². The summed E-state index contributed by atoms with van der Waals surface area (Å²) in [6.07, 6.45) is 3.50. The van der Waals surface area contributed by atoms with Gasteiger partial charge in [0, 0.05) is 18.2 Å². The SMILES string of the molecule is CCNC1c2ccccc2CCCC1Sc1nnc(C)o1. The maximum absolute atomic E-state index is 5.55. The van der Waals surface area contributed by atoms with Gasteiger partial charge in [0.05, 0.1) is 0 Å². The quantitative estimate of drug-likeness (QED) is 0.876. The third-order valence-corrected chi connectivity index (χ3v) is 5.06. The van der Waals surface area contributed by atoms with E-state index in [4.69, 9.17) is 4.42 Å². The molecule has 0 spiro atoms. The number of aryl methyl sites for hydroxylation is 2. The lowest BCUT2D eigenvalue weighted by Crippen LogP contribution is -2.29. The van der Waals surface area contributed by atoms with Gasteiger partial charge < -0.3 is 9.73 Å². The molecule has 1 aliphatic rings. The molecule has 1 aliphatic carbocycles. The summed E-state index contributed by atoms with van der Waals surface area (Å²) in [4.78, 5) is 0. The molecule has 0 aliphatic heterocycles. The van der Waals surface area contributed by atoms with E-state index in [0.717, 1.165) is 19.4 Å². The zero-order valence-electron chi connectivity index (χ0n) is 12.5. The van der Waals surface area contributed by atoms with Crippen LogP contribution >= 0.6 is 11.8 Å². The standard InChI is InChI=1S/C16H21N3OS/c1-3-17-15-13-9-5-4-7-12(13)8-6-10-14(15)21-16-19-18-11(2)20-16/h4-5,7,9,14-15,17H,3,6,8,10H2,1-2H3. The van der Waals surface area contributed by atoms with Crippen LogP contribution in [0.25, 0.3) is 0 Å². The van der Waals surface area contributed by atoms with Crippen LogP contribution in [0.3, 0.4) is 0 Å². The summed E-state index contributed by atoms with van der Waals surface area (Å²) in [6.45, 7) is 4.95. The maximum Gasteiger partial charge on any atom is 0.276 e. The second kappa shape index (κ2) is 6.62. The minimum Gasteiger partial charge on any atom is -0.416 e. The van der Waals surface area contributed by atoms with E-state index in [9.17, 15) is 0 Å². The zero-order valence-corrected chi connectivity index (χ0v) is 13.3. The van der Waals surface area contributed by atoms with Gasteiger partial charge in [0.1, 0.15) is 0 Å². The largest absolute Gasteiger partial charge is 0.416 e. The van der Waals surface area contributed by atoms with E-state index in [1.807, 2.05) is 6.92 Å². The first kappa shape index (κ1) is 14.6. The topological polar surface area (TPSA) is 51.0 Å². The predicted octanol–water partition coefficient (Wildman–Crippen LogP) is 3.53. The van der Waals surface area contributed by atoms with Crippen LogP contribution in [0.1, 0.15) is 42.8 Å². The van der Waals surface area contributed by atoms with Crippen LogP contribution in [0, 0.1) is 6.92 Å². The smallest absolute Gasteiger partial charge is 0.276 e. The van der Waals surface area contributed by atoms with Crippen LogP contribution in [-0.4, -0.2) is 22.0 Å². The third kappa shape index (κ3) is 3.30. The van der Waals surface area contributed by atoms with Crippen molar-refractivity contribution in [2.24, 2.45) is 0 Å². The Morgan fingerprint density at radius 2 is 2.19 bits per heavy atom. The molecule has 4 nitrogen and oxygen atoms in total. The highest BCUT2D eigenvalue weighted by atomic mass is 32.2. The number of thioether (sulfide) groups is 1. The van der Waals surface area contributed by atoms with Crippen molar-refractivity contribution >= 4 is 11.8 Å². The minimum atomic E-state index is 0.339. The van der Waals surface area contributed by atoms with Crippen molar-refractivity contribution in [3.63, 3.8) is 0 Å². The van der Waals surface area contributed by atoms with Crippen LogP contribution in [0.4, 0.5) is 0 Å². The second-order valence-corrected chi connectivity index (χ2v) is 6.56. The van der Waals surface area contributed by atoms with E-state index in [0.29, 0.717) is 22.4 Å². The number of hydrogen-bond acceptors (Lipinski definition) is 5. The lowest BCUT2D eigenvalue weighted by molar-refractivity contribution is 0.424. The van der Waals surface area contributed by atoms with Crippen LogP contribution in [0.2, 0.25) is 0 Å². The Morgan fingerprint density at radius 3 is 2.95 bits per heavy atom. The highest BCUT2D eigenvalue weighted by Crippen LogP contribution is 2.38. The normalized spacial score (nSPS) is 21.8. The molecule has 1 heterocycles. The Kier molecular flexibility index (Phi) is 4.60. The molecule has 21 heavy (non-hydrogen) atoms. The summed E-state index contributed by atoms with van der Waals surface area (Å²) >= 11 is 1.71. The Balaban J connectivity index is 1.88. The molecule has 0 radical (unpaired) electrons. The number of nitrogens with zero attached hydrogens (tertiary/aromatic N) is 2. The van der Waals surface area contributed by atoms with E-state index >= 15 is 0 Å². The summed E-state index contributed by atoms with van der Waals surface area (Å²) in [5.41, 5.74) is 2.89. The first-order valence-corrected chi connectivity index (χ1v) is 8.44. The van der Waals surface area contributed by atoms with Crippen LogP contribution in [0.5, 0.6) is 0 Å². The molecule has 0 fully saturated rings. The number of benzene rings is 1. The monoisotopic (exact) mass is 303 g/mol. The van der Waals surface area contributed by atoms with Crippen molar-refractivity contribution in [2.45, 2.75) is 49.6 Å². The average Bonchev–Trinajstić information content (AvgIpc) is 2.81. The van der Waals surface area contributed by atoms with Crippen molar-refractivity contribution in [2.75, 3.05) is 6.54 Å². The molecular formula is C16H21N3OS. The van der Waals surface area contributed by atoms with Crippen molar-refractivity contribution in [3.8, 4) is 0 Å². The fourth-order valence-corrected chi connectivity index (χ4v) is 4.15. The highest BCUT2D eigenvalue weighted by Gasteiger charge is 2.29. The van der Waals surface area contributed by atoms with E-state index in [-0.39, 0.29) is 0 Å². The number of nitrogens with one attached hydrogen (secondary N) is 1. The van der Waals surface area contributed by atoms with Gasteiger partial charge in [-0.15, -0.1) is 10.2 Å². The second-order valence-electron chi connectivity index (χ2n) is 5.37.